The van der Waals surface area contributed by atoms with E-state index in [-0.39, 0.29) is 30.9 Å². The van der Waals surface area contributed by atoms with Gasteiger partial charge in [0.25, 0.3) is 0 Å². The van der Waals surface area contributed by atoms with E-state index in [2.05, 4.69) is 4.90 Å². The van der Waals surface area contributed by atoms with E-state index in [1.165, 1.54) is 0 Å². The molecule has 2 heterocycles. The molecule has 0 spiro atoms. The Labute approximate surface area is 141 Å². The molecule has 1 aliphatic heterocycles. The van der Waals surface area contributed by atoms with E-state index < -0.39 is 0 Å². The first kappa shape index (κ1) is 18.0. The lowest BCUT2D eigenvalue weighted by atomic mass is 10.1. The van der Waals surface area contributed by atoms with E-state index in [1.807, 2.05) is 19.2 Å². The quantitative estimate of drug-likeness (QED) is 0.833. The van der Waals surface area contributed by atoms with Crippen molar-refractivity contribution in [2.45, 2.75) is 12.6 Å². The van der Waals surface area contributed by atoms with Crippen LogP contribution in [0.15, 0.2) is 34.9 Å². The number of hydrogen-bond acceptors (Lipinski definition) is 4. The molecule has 0 fully saturated rings. The number of nitrogens with zero attached hydrogens (tertiary/aromatic N) is 1. The van der Waals surface area contributed by atoms with Gasteiger partial charge in [-0.1, -0.05) is 11.6 Å². The van der Waals surface area contributed by atoms with Gasteiger partial charge in [0.1, 0.15) is 17.6 Å². The van der Waals surface area contributed by atoms with E-state index in [0.29, 0.717) is 16.5 Å². The lowest BCUT2D eigenvalue weighted by Gasteiger charge is -2.29. The first-order chi connectivity index (χ1) is 9.13. The molecule has 0 aliphatic carbocycles. The number of benzene rings is 1. The number of likely N-dealkylation sites (N-methyl/N-ethyl adjacent to an activating group) is 1. The molecule has 1 unspecified atom stereocenters. The molecule has 4 nitrogen and oxygen atoms in total. The van der Waals surface area contributed by atoms with Gasteiger partial charge in [0.05, 0.1) is 23.5 Å². The van der Waals surface area contributed by atoms with Gasteiger partial charge >= 0.3 is 0 Å². The molecule has 21 heavy (non-hydrogen) atoms. The highest BCUT2D eigenvalue weighted by molar-refractivity contribution is 6.33. The minimum Gasteiger partial charge on any atom is -0.484 e. The highest BCUT2D eigenvalue weighted by atomic mass is 35.5. The third kappa shape index (κ3) is 3.77. The Hall–Kier alpha value is -1.07. The fourth-order valence-electron chi connectivity index (χ4n) is 2.32. The van der Waals surface area contributed by atoms with Gasteiger partial charge in [0.15, 0.2) is 0 Å². The van der Waals surface area contributed by atoms with Crippen LogP contribution in [0.25, 0.3) is 0 Å². The maximum atomic E-state index is 6.01. The van der Waals surface area contributed by atoms with Crippen LogP contribution >= 0.6 is 36.4 Å². The van der Waals surface area contributed by atoms with Crippen molar-refractivity contribution >= 4 is 42.1 Å². The monoisotopic (exact) mass is 350 g/mol. The van der Waals surface area contributed by atoms with Gasteiger partial charge in [-0.3, -0.25) is 4.90 Å². The summed E-state index contributed by atoms with van der Waals surface area (Å²) in [6, 6.07) is 7.28. The van der Waals surface area contributed by atoms with Crippen molar-refractivity contribution in [1.82, 2.24) is 4.90 Å². The summed E-state index contributed by atoms with van der Waals surface area (Å²) in [5.41, 5.74) is 7.41. The van der Waals surface area contributed by atoms with Gasteiger partial charge in [-0.2, -0.15) is 0 Å². The number of nitrogens with two attached hydrogens (primary N) is 1. The van der Waals surface area contributed by atoms with Crippen molar-refractivity contribution in [3.8, 4) is 5.75 Å². The van der Waals surface area contributed by atoms with Crippen molar-refractivity contribution in [2.24, 2.45) is 0 Å². The van der Waals surface area contributed by atoms with Crippen LogP contribution in [0.5, 0.6) is 5.75 Å². The number of furan rings is 1. The van der Waals surface area contributed by atoms with Crippen LogP contribution in [0.1, 0.15) is 17.4 Å². The molecule has 0 saturated heterocycles. The van der Waals surface area contributed by atoms with Gasteiger partial charge in [-0.05, 0) is 25.2 Å². The van der Waals surface area contributed by atoms with Crippen LogP contribution in [-0.2, 0) is 6.54 Å². The Kier molecular flexibility index (Phi) is 6.23. The maximum absolute atomic E-state index is 6.01. The fourth-order valence-corrected chi connectivity index (χ4v) is 2.43. The standard InChI is InChI=1S/C14H15ClN2O2.2ClH/c1-17-7-13-10(4-5-18-13)14(8-17)19-9-2-3-11(15)12(16)6-9;;/h2-6,14H,7-8,16H2,1H3;2*1H. The molecular weight excluding hydrogens is 335 g/mol. The third-order valence-corrected chi connectivity index (χ3v) is 3.61. The highest BCUT2D eigenvalue weighted by Crippen LogP contribution is 2.32. The molecule has 2 N–H and O–H groups in total. The van der Waals surface area contributed by atoms with Crippen molar-refractivity contribution in [3.63, 3.8) is 0 Å². The van der Waals surface area contributed by atoms with Crippen LogP contribution in [0.3, 0.4) is 0 Å². The Morgan fingerprint density at radius 3 is 2.81 bits per heavy atom. The summed E-state index contributed by atoms with van der Waals surface area (Å²) >= 11 is 5.91. The normalized spacial score (nSPS) is 17.3. The Balaban J connectivity index is 0.00000110. The molecule has 116 valence electrons. The second-order valence-corrected chi connectivity index (χ2v) is 5.19. The van der Waals surface area contributed by atoms with E-state index >= 15 is 0 Å². The minimum atomic E-state index is -0.0481. The predicted molar refractivity (Wildman–Crippen MR) is 88.8 cm³/mol. The highest BCUT2D eigenvalue weighted by Gasteiger charge is 2.27. The number of nitrogen functional groups attached to an aromatic ring is 1. The van der Waals surface area contributed by atoms with Gasteiger partial charge in [-0.25, -0.2) is 0 Å². The summed E-state index contributed by atoms with van der Waals surface area (Å²) in [4.78, 5) is 2.16. The molecule has 1 aliphatic rings. The van der Waals surface area contributed by atoms with E-state index in [1.54, 1.807) is 18.4 Å². The minimum absolute atomic E-state index is 0. The fraction of sp³-hybridized carbons (Fsp3) is 0.286. The first-order valence-electron chi connectivity index (χ1n) is 6.10. The molecule has 0 bridgehead atoms. The third-order valence-electron chi connectivity index (χ3n) is 3.26. The maximum Gasteiger partial charge on any atom is 0.140 e. The summed E-state index contributed by atoms with van der Waals surface area (Å²) in [5.74, 6) is 1.68. The smallest absolute Gasteiger partial charge is 0.140 e. The summed E-state index contributed by atoms with van der Waals surface area (Å²) in [5, 5.41) is 0.539. The summed E-state index contributed by atoms with van der Waals surface area (Å²) in [6.45, 7) is 1.63. The van der Waals surface area contributed by atoms with Crippen molar-refractivity contribution in [1.29, 1.82) is 0 Å². The number of rotatable bonds is 2. The van der Waals surface area contributed by atoms with Crippen LogP contribution in [0.2, 0.25) is 5.02 Å². The van der Waals surface area contributed by atoms with Gasteiger partial charge in [-0.15, -0.1) is 24.8 Å². The van der Waals surface area contributed by atoms with E-state index in [4.69, 9.17) is 26.5 Å². The number of anilines is 1. The number of fused-ring (bicyclic) bond motifs is 1. The van der Waals surface area contributed by atoms with Crippen LogP contribution in [0, 0.1) is 0 Å². The zero-order valence-corrected chi connectivity index (χ0v) is 13.8. The molecule has 3 rings (SSSR count). The molecular formula is C14H17Cl3N2O2. The average Bonchev–Trinajstić information content (AvgIpc) is 2.82. The van der Waals surface area contributed by atoms with Crippen LogP contribution in [0.4, 0.5) is 5.69 Å². The predicted octanol–water partition coefficient (Wildman–Crippen LogP) is 3.92. The Bertz CT molecular complexity index is 604. The Morgan fingerprint density at radius 1 is 1.33 bits per heavy atom. The van der Waals surface area contributed by atoms with Crippen molar-refractivity contribution in [3.05, 3.63) is 46.9 Å². The molecule has 1 aromatic heterocycles. The zero-order chi connectivity index (χ0) is 13.4. The first-order valence-corrected chi connectivity index (χ1v) is 6.48. The molecule has 1 aromatic carbocycles. The van der Waals surface area contributed by atoms with E-state index in [0.717, 1.165) is 24.4 Å². The summed E-state index contributed by atoms with van der Waals surface area (Å²) < 4.78 is 11.5. The lowest BCUT2D eigenvalue weighted by molar-refractivity contribution is 0.120. The van der Waals surface area contributed by atoms with Crippen molar-refractivity contribution in [2.75, 3.05) is 19.3 Å². The molecule has 0 saturated carbocycles. The van der Waals surface area contributed by atoms with Gasteiger partial charge < -0.3 is 14.9 Å². The second-order valence-electron chi connectivity index (χ2n) is 4.79. The van der Waals surface area contributed by atoms with Crippen molar-refractivity contribution < 1.29 is 9.15 Å². The van der Waals surface area contributed by atoms with Gasteiger partial charge in [0.2, 0.25) is 0 Å². The average molecular weight is 352 g/mol. The summed E-state index contributed by atoms with van der Waals surface area (Å²) in [6.07, 6.45) is 1.66. The number of ether oxygens (including phenoxy) is 1. The number of hydrogen-bond donors (Lipinski definition) is 1. The molecule has 0 amide bonds. The molecule has 2 aromatic rings. The molecule has 0 radical (unpaired) electrons. The van der Waals surface area contributed by atoms with Gasteiger partial charge in [0, 0.05) is 18.2 Å². The molecule has 1 atom stereocenters. The van der Waals surface area contributed by atoms with Crippen LogP contribution < -0.4 is 10.5 Å². The second kappa shape index (κ2) is 7.27. The summed E-state index contributed by atoms with van der Waals surface area (Å²) in [7, 11) is 2.04. The zero-order valence-electron chi connectivity index (χ0n) is 11.4. The van der Waals surface area contributed by atoms with E-state index in [9.17, 15) is 0 Å². The largest absolute Gasteiger partial charge is 0.484 e. The Morgan fingerprint density at radius 2 is 2.10 bits per heavy atom. The number of halogens is 3. The SMILES string of the molecule is CN1Cc2occc2C(Oc2ccc(Cl)c(N)c2)C1.Cl.Cl. The lowest BCUT2D eigenvalue weighted by Crippen LogP contribution is -2.32. The topological polar surface area (TPSA) is 51.6 Å². The van der Waals surface area contributed by atoms with Crippen LogP contribution in [-0.4, -0.2) is 18.5 Å². The molecule has 7 heteroatoms.